The molecule has 1 aromatic rings. The van der Waals surface area contributed by atoms with E-state index < -0.39 is 0 Å². The summed E-state index contributed by atoms with van der Waals surface area (Å²) < 4.78 is 5.82. The molecule has 6 nitrogen and oxygen atoms in total. The number of hydrogen-bond acceptors (Lipinski definition) is 4. The molecule has 2 fully saturated rings. The van der Waals surface area contributed by atoms with Crippen molar-refractivity contribution in [1.82, 2.24) is 15.2 Å². The van der Waals surface area contributed by atoms with E-state index in [0.717, 1.165) is 56.0 Å². The van der Waals surface area contributed by atoms with Crippen molar-refractivity contribution < 1.29 is 4.74 Å². The Hall–Kier alpha value is -1.09. The zero-order chi connectivity index (χ0) is 19.2. The molecule has 28 heavy (non-hydrogen) atoms. The molecule has 158 valence electrons. The lowest BCUT2D eigenvalue weighted by molar-refractivity contribution is -0.00545. The molecule has 3 unspecified atom stereocenters. The molecule has 3 atom stereocenters. The first-order valence-electron chi connectivity index (χ1n) is 10.4. The van der Waals surface area contributed by atoms with Gasteiger partial charge in [0, 0.05) is 38.9 Å². The van der Waals surface area contributed by atoms with Crippen LogP contribution in [0.5, 0.6) is 0 Å². The minimum atomic E-state index is 0. The van der Waals surface area contributed by atoms with Crippen LogP contribution in [-0.4, -0.2) is 60.8 Å². The van der Waals surface area contributed by atoms with Gasteiger partial charge in [0.2, 0.25) is 0 Å². The van der Waals surface area contributed by atoms with E-state index in [0.29, 0.717) is 6.54 Å². The number of rotatable bonds is 4. The molecular formula is C21H36IN5O. The third kappa shape index (κ3) is 6.47. The van der Waals surface area contributed by atoms with E-state index in [4.69, 9.17) is 9.73 Å². The maximum Gasteiger partial charge on any atom is 0.194 e. The predicted molar refractivity (Wildman–Crippen MR) is 127 cm³/mol. The SMILES string of the molecule is CCNC(=NCc1ccc(N2CC(C)OC(C)C2)nc1)N1CCCC(C)C1.I. The van der Waals surface area contributed by atoms with Gasteiger partial charge in [-0.05, 0) is 51.2 Å². The summed E-state index contributed by atoms with van der Waals surface area (Å²) in [6.45, 7) is 14.2. The van der Waals surface area contributed by atoms with Crippen LogP contribution in [0, 0.1) is 5.92 Å². The molecule has 7 heteroatoms. The Bertz CT molecular complexity index is 614. The van der Waals surface area contributed by atoms with E-state index >= 15 is 0 Å². The Morgan fingerprint density at radius 1 is 1.21 bits per heavy atom. The molecule has 2 aliphatic heterocycles. The van der Waals surface area contributed by atoms with Gasteiger partial charge in [0.1, 0.15) is 5.82 Å². The number of aliphatic imine (C=N–C) groups is 1. The summed E-state index contributed by atoms with van der Waals surface area (Å²) in [7, 11) is 0. The lowest BCUT2D eigenvalue weighted by Crippen LogP contribution is -2.46. The van der Waals surface area contributed by atoms with Gasteiger partial charge in [0.15, 0.2) is 5.96 Å². The number of guanidine groups is 1. The number of morpholine rings is 1. The van der Waals surface area contributed by atoms with Crippen LogP contribution in [0.1, 0.15) is 46.1 Å². The molecule has 1 aromatic heterocycles. The number of piperidine rings is 1. The lowest BCUT2D eigenvalue weighted by Gasteiger charge is -2.36. The molecule has 2 aliphatic rings. The fourth-order valence-corrected chi connectivity index (χ4v) is 4.04. The topological polar surface area (TPSA) is 53.0 Å². The second-order valence-corrected chi connectivity index (χ2v) is 8.05. The number of nitrogens with zero attached hydrogens (tertiary/aromatic N) is 4. The van der Waals surface area contributed by atoms with E-state index in [-0.39, 0.29) is 36.2 Å². The molecule has 0 aromatic carbocycles. The van der Waals surface area contributed by atoms with Gasteiger partial charge in [-0.25, -0.2) is 9.98 Å². The van der Waals surface area contributed by atoms with Crippen LogP contribution in [-0.2, 0) is 11.3 Å². The molecule has 0 spiro atoms. The van der Waals surface area contributed by atoms with Crippen LogP contribution >= 0.6 is 24.0 Å². The van der Waals surface area contributed by atoms with Gasteiger partial charge in [-0.1, -0.05) is 13.0 Å². The van der Waals surface area contributed by atoms with Gasteiger partial charge >= 0.3 is 0 Å². The van der Waals surface area contributed by atoms with Crippen molar-refractivity contribution in [1.29, 1.82) is 0 Å². The minimum Gasteiger partial charge on any atom is -0.372 e. The van der Waals surface area contributed by atoms with Crippen molar-refractivity contribution in [2.24, 2.45) is 10.9 Å². The molecule has 3 rings (SSSR count). The van der Waals surface area contributed by atoms with Crippen LogP contribution in [0.4, 0.5) is 5.82 Å². The van der Waals surface area contributed by atoms with Gasteiger partial charge < -0.3 is 19.9 Å². The molecule has 0 saturated carbocycles. The van der Waals surface area contributed by atoms with Gasteiger partial charge in [-0.2, -0.15) is 0 Å². The quantitative estimate of drug-likeness (QED) is 0.389. The highest BCUT2D eigenvalue weighted by molar-refractivity contribution is 14.0. The fraction of sp³-hybridized carbons (Fsp3) is 0.714. The summed E-state index contributed by atoms with van der Waals surface area (Å²) >= 11 is 0. The van der Waals surface area contributed by atoms with Crippen molar-refractivity contribution in [3.63, 3.8) is 0 Å². The van der Waals surface area contributed by atoms with Crippen molar-refractivity contribution in [2.75, 3.05) is 37.6 Å². The highest BCUT2D eigenvalue weighted by Gasteiger charge is 2.23. The van der Waals surface area contributed by atoms with Crippen LogP contribution < -0.4 is 10.2 Å². The van der Waals surface area contributed by atoms with Crippen molar-refractivity contribution in [3.05, 3.63) is 23.9 Å². The predicted octanol–water partition coefficient (Wildman–Crippen LogP) is 3.51. The number of anilines is 1. The Kier molecular flexibility index (Phi) is 9.27. The average molecular weight is 501 g/mol. The zero-order valence-corrected chi connectivity index (χ0v) is 20.1. The molecule has 2 saturated heterocycles. The van der Waals surface area contributed by atoms with Crippen molar-refractivity contribution in [3.8, 4) is 0 Å². The molecule has 1 N–H and O–H groups in total. The van der Waals surface area contributed by atoms with Gasteiger partial charge in [-0.3, -0.25) is 0 Å². The Labute approximate surface area is 187 Å². The van der Waals surface area contributed by atoms with Gasteiger partial charge in [0.25, 0.3) is 0 Å². The first-order valence-corrected chi connectivity index (χ1v) is 10.4. The largest absolute Gasteiger partial charge is 0.372 e. The second-order valence-electron chi connectivity index (χ2n) is 8.05. The number of nitrogens with one attached hydrogen (secondary N) is 1. The van der Waals surface area contributed by atoms with Crippen LogP contribution in [0.15, 0.2) is 23.3 Å². The third-order valence-electron chi connectivity index (χ3n) is 5.26. The molecule has 3 heterocycles. The van der Waals surface area contributed by atoms with Gasteiger partial charge in [-0.15, -0.1) is 24.0 Å². The Morgan fingerprint density at radius 3 is 2.57 bits per heavy atom. The standard InChI is InChI=1S/C21H35N5O.HI/c1-5-22-21(25-10-6-7-16(2)13-25)24-12-19-8-9-20(23-11-19)26-14-17(3)27-18(4)15-26;/h8-9,11,16-18H,5-7,10,12-15H2,1-4H3,(H,22,24);1H. The van der Waals surface area contributed by atoms with Crippen LogP contribution in [0.3, 0.4) is 0 Å². The van der Waals surface area contributed by atoms with E-state index in [2.05, 4.69) is 59.9 Å². The summed E-state index contributed by atoms with van der Waals surface area (Å²) in [5.74, 6) is 2.80. The van der Waals surface area contributed by atoms with Crippen LogP contribution in [0.2, 0.25) is 0 Å². The van der Waals surface area contributed by atoms with E-state index in [1.54, 1.807) is 0 Å². The Balaban J connectivity index is 0.00000280. The monoisotopic (exact) mass is 501 g/mol. The number of pyridine rings is 1. The highest BCUT2D eigenvalue weighted by atomic mass is 127. The summed E-state index contributed by atoms with van der Waals surface area (Å²) in [4.78, 5) is 14.3. The molecule has 0 bridgehead atoms. The Morgan fingerprint density at radius 2 is 1.96 bits per heavy atom. The van der Waals surface area contributed by atoms with E-state index in [9.17, 15) is 0 Å². The number of likely N-dealkylation sites (tertiary alicyclic amines) is 1. The normalized spacial score (nSPS) is 26.0. The van der Waals surface area contributed by atoms with Crippen molar-refractivity contribution in [2.45, 2.75) is 59.3 Å². The molecule has 0 amide bonds. The minimum absolute atomic E-state index is 0. The van der Waals surface area contributed by atoms with Gasteiger partial charge in [0.05, 0.1) is 18.8 Å². The maximum atomic E-state index is 5.82. The summed E-state index contributed by atoms with van der Waals surface area (Å²) in [5, 5.41) is 3.45. The fourth-order valence-electron chi connectivity index (χ4n) is 4.04. The maximum absolute atomic E-state index is 5.82. The number of halogens is 1. The molecule has 0 aliphatic carbocycles. The van der Waals surface area contributed by atoms with E-state index in [1.807, 2.05) is 6.20 Å². The smallest absolute Gasteiger partial charge is 0.194 e. The van der Waals surface area contributed by atoms with Crippen molar-refractivity contribution >= 4 is 35.8 Å². The summed E-state index contributed by atoms with van der Waals surface area (Å²) in [5.41, 5.74) is 1.15. The second kappa shape index (κ2) is 11.2. The number of ether oxygens (including phenoxy) is 1. The summed E-state index contributed by atoms with van der Waals surface area (Å²) in [6, 6.07) is 4.27. The zero-order valence-electron chi connectivity index (χ0n) is 17.7. The summed E-state index contributed by atoms with van der Waals surface area (Å²) in [6.07, 6.45) is 5.02. The first-order chi connectivity index (χ1) is 13.0. The highest BCUT2D eigenvalue weighted by Crippen LogP contribution is 2.19. The van der Waals surface area contributed by atoms with Crippen LogP contribution in [0.25, 0.3) is 0 Å². The van der Waals surface area contributed by atoms with E-state index in [1.165, 1.54) is 12.8 Å². The molecule has 0 radical (unpaired) electrons. The number of hydrogen-bond donors (Lipinski definition) is 1. The average Bonchev–Trinajstić information content (AvgIpc) is 2.65. The third-order valence-corrected chi connectivity index (χ3v) is 5.26. The number of aromatic nitrogens is 1. The first kappa shape index (κ1) is 23.2. The lowest BCUT2D eigenvalue weighted by atomic mass is 10.0. The molecular weight excluding hydrogens is 465 g/mol.